The second-order valence-electron chi connectivity index (χ2n) is 5.28. The zero-order valence-electron chi connectivity index (χ0n) is 10.6. The van der Waals surface area contributed by atoms with Crippen LogP contribution in [-0.2, 0) is 6.54 Å². The molecule has 1 saturated heterocycles. The highest BCUT2D eigenvalue weighted by molar-refractivity contribution is 6.30. The molecule has 0 saturated carbocycles. The van der Waals surface area contributed by atoms with Gasteiger partial charge in [-0.1, -0.05) is 30.7 Å². The fourth-order valence-corrected chi connectivity index (χ4v) is 2.63. The monoisotopic (exact) mass is 252 g/mol. The first-order valence-electron chi connectivity index (χ1n) is 6.30. The second kappa shape index (κ2) is 5.38. The Morgan fingerprint density at radius 2 is 1.94 bits per heavy atom. The van der Waals surface area contributed by atoms with Gasteiger partial charge in [0.05, 0.1) is 0 Å². The van der Waals surface area contributed by atoms with Crippen LogP contribution in [0.3, 0.4) is 0 Å². The van der Waals surface area contributed by atoms with E-state index >= 15 is 0 Å². The molecule has 0 amide bonds. The smallest absolute Gasteiger partial charge is 0.0406 e. The van der Waals surface area contributed by atoms with Crippen molar-refractivity contribution in [2.24, 2.45) is 11.7 Å². The average molecular weight is 253 g/mol. The molecule has 0 spiro atoms. The van der Waals surface area contributed by atoms with Crippen LogP contribution >= 0.6 is 11.6 Å². The maximum Gasteiger partial charge on any atom is 0.0406 e. The Kier molecular flexibility index (Phi) is 4.08. The number of likely N-dealkylation sites (tertiary alicyclic amines) is 1. The summed E-state index contributed by atoms with van der Waals surface area (Å²) in [6, 6.07) is 9.05. The number of hydrogen-bond donors (Lipinski definition) is 1. The number of rotatable bonds is 2. The van der Waals surface area contributed by atoms with E-state index in [1.165, 1.54) is 5.56 Å². The summed E-state index contributed by atoms with van der Waals surface area (Å²) < 4.78 is 0. The van der Waals surface area contributed by atoms with Crippen LogP contribution in [0.2, 0.25) is 5.02 Å². The second-order valence-corrected chi connectivity index (χ2v) is 5.72. The van der Waals surface area contributed by atoms with Crippen molar-refractivity contribution >= 4 is 11.6 Å². The minimum Gasteiger partial charge on any atom is -0.327 e. The standard InChI is InChI=1S/C14H21ClN2/c1-10-8-17(11(2)7-14(10)16)9-12-3-5-13(15)6-4-12/h3-6,10-11,14H,7-9,16H2,1-2H3/t10-,11+,14+/m0/s1. The van der Waals surface area contributed by atoms with Crippen LogP contribution in [-0.4, -0.2) is 23.5 Å². The number of nitrogens with two attached hydrogens (primary N) is 1. The topological polar surface area (TPSA) is 29.3 Å². The van der Waals surface area contributed by atoms with Gasteiger partial charge in [0, 0.05) is 30.2 Å². The Hall–Kier alpha value is -0.570. The molecule has 3 atom stereocenters. The maximum atomic E-state index is 6.10. The van der Waals surface area contributed by atoms with E-state index in [1.807, 2.05) is 12.1 Å². The van der Waals surface area contributed by atoms with Crippen LogP contribution in [0.5, 0.6) is 0 Å². The van der Waals surface area contributed by atoms with Gasteiger partial charge in [0.2, 0.25) is 0 Å². The number of halogens is 1. The van der Waals surface area contributed by atoms with Gasteiger partial charge in [-0.25, -0.2) is 0 Å². The predicted octanol–water partition coefficient (Wildman–Crippen LogP) is 2.90. The average Bonchev–Trinajstić information content (AvgIpc) is 2.29. The molecule has 2 rings (SSSR count). The lowest BCUT2D eigenvalue weighted by Crippen LogP contribution is -2.50. The zero-order valence-corrected chi connectivity index (χ0v) is 11.3. The highest BCUT2D eigenvalue weighted by Gasteiger charge is 2.28. The molecule has 1 aromatic carbocycles. The fraction of sp³-hybridized carbons (Fsp3) is 0.571. The van der Waals surface area contributed by atoms with Gasteiger partial charge in [-0.15, -0.1) is 0 Å². The van der Waals surface area contributed by atoms with Crippen LogP contribution < -0.4 is 5.73 Å². The Morgan fingerprint density at radius 1 is 1.29 bits per heavy atom. The van der Waals surface area contributed by atoms with E-state index in [-0.39, 0.29) is 0 Å². The first-order chi connectivity index (χ1) is 8.06. The molecule has 2 nitrogen and oxygen atoms in total. The minimum absolute atomic E-state index is 0.353. The van der Waals surface area contributed by atoms with Gasteiger partial charge in [0.15, 0.2) is 0 Å². The van der Waals surface area contributed by atoms with E-state index in [0.29, 0.717) is 18.0 Å². The lowest BCUT2D eigenvalue weighted by Gasteiger charge is -2.40. The minimum atomic E-state index is 0.353. The van der Waals surface area contributed by atoms with Crippen molar-refractivity contribution in [3.63, 3.8) is 0 Å². The van der Waals surface area contributed by atoms with Gasteiger partial charge in [-0.3, -0.25) is 4.90 Å². The van der Waals surface area contributed by atoms with E-state index in [2.05, 4.69) is 30.9 Å². The Balaban J connectivity index is 2.00. The molecule has 1 aliphatic heterocycles. The van der Waals surface area contributed by atoms with Crippen molar-refractivity contribution in [2.45, 2.75) is 38.9 Å². The molecule has 0 radical (unpaired) electrons. The number of nitrogens with zero attached hydrogens (tertiary/aromatic N) is 1. The van der Waals surface area contributed by atoms with Crippen LogP contribution in [0.25, 0.3) is 0 Å². The summed E-state index contributed by atoms with van der Waals surface area (Å²) in [4.78, 5) is 2.51. The molecule has 0 bridgehead atoms. The number of piperidine rings is 1. The van der Waals surface area contributed by atoms with Gasteiger partial charge in [-0.05, 0) is 37.0 Å². The van der Waals surface area contributed by atoms with E-state index in [4.69, 9.17) is 17.3 Å². The van der Waals surface area contributed by atoms with Crippen molar-refractivity contribution in [1.82, 2.24) is 4.90 Å². The van der Waals surface area contributed by atoms with Crippen LogP contribution in [0.15, 0.2) is 24.3 Å². The largest absolute Gasteiger partial charge is 0.327 e. The molecule has 1 aliphatic rings. The fourth-order valence-electron chi connectivity index (χ4n) is 2.51. The molecular formula is C14H21ClN2. The lowest BCUT2D eigenvalue weighted by molar-refractivity contribution is 0.102. The molecule has 3 heteroatoms. The summed E-state index contributed by atoms with van der Waals surface area (Å²) >= 11 is 5.90. The number of hydrogen-bond acceptors (Lipinski definition) is 2. The van der Waals surface area contributed by atoms with Crippen LogP contribution in [0, 0.1) is 5.92 Å². The molecular weight excluding hydrogens is 232 g/mol. The molecule has 94 valence electrons. The number of benzene rings is 1. The third kappa shape index (κ3) is 3.21. The van der Waals surface area contributed by atoms with Gasteiger partial charge >= 0.3 is 0 Å². The molecule has 17 heavy (non-hydrogen) atoms. The van der Waals surface area contributed by atoms with Crippen LogP contribution in [0.4, 0.5) is 0 Å². The molecule has 0 aliphatic carbocycles. The van der Waals surface area contributed by atoms with Crippen molar-refractivity contribution in [2.75, 3.05) is 6.54 Å². The molecule has 0 aromatic heterocycles. The molecule has 1 aromatic rings. The van der Waals surface area contributed by atoms with Gasteiger partial charge in [0.1, 0.15) is 0 Å². The highest BCUT2D eigenvalue weighted by atomic mass is 35.5. The lowest BCUT2D eigenvalue weighted by atomic mass is 9.90. The summed E-state index contributed by atoms with van der Waals surface area (Å²) in [6.45, 7) is 6.59. The summed E-state index contributed by atoms with van der Waals surface area (Å²) in [5, 5.41) is 0.802. The molecule has 1 heterocycles. The third-order valence-electron chi connectivity index (χ3n) is 3.79. The molecule has 0 unspecified atom stereocenters. The van der Waals surface area contributed by atoms with Gasteiger partial charge in [-0.2, -0.15) is 0 Å². The quantitative estimate of drug-likeness (QED) is 0.877. The van der Waals surface area contributed by atoms with E-state index in [1.54, 1.807) is 0 Å². The first kappa shape index (κ1) is 12.9. The van der Waals surface area contributed by atoms with E-state index in [0.717, 1.165) is 24.5 Å². The predicted molar refractivity (Wildman–Crippen MR) is 73.1 cm³/mol. The van der Waals surface area contributed by atoms with Crippen LogP contribution in [0.1, 0.15) is 25.8 Å². The van der Waals surface area contributed by atoms with Crippen molar-refractivity contribution in [3.05, 3.63) is 34.9 Å². The van der Waals surface area contributed by atoms with Crippen molar-refractivity contribution in [1.29, 1.82) is 0 Å². The van der Waals surface area contributed by atoms with Gasteiger partial charge < -0.3 is 5.73 Å². The summed E-state index contributed by atoms with van der Waals surface area (Å²) in [7, 11) is 0. The maximum absolute atomic E-state index is 6.10. The summed E-state index contributed by atoms with van der Waals surface area (Å²) in [5.74, 6) is 0.582. The third-order valence-corrected chi connectivity index (χ3v) is 4.04. The first-order valence-corrected chi connectivity index (χ1v) is 6.68. The van der Waals surface area contributed by atoms with Crippen molar-refractivity contribution < 1.29 is 0 Å². The Labute approximate surface area is 109 Å². The Bertz CT molecular complexity index is 363. The highest BCUT2D eigenvalue weighted by Crippen LogP contribution is 2.23. The normalized spacial score (nSPS) is 30.5. The Morgan fingerprint density at radius 3 is 2.59 bits per heavy atom. The zero-order chi connectivity index (χ0) is 12.4. The molecule has 1 fully saturated rings. The van der Waals surface area contributed by atoms with Gasteiger partial charge in [0.25, 0.3) is 0 Å². The van der Waals surface area contributed by atoms with Crippen molar-refractivity contribution in [3.8, 4) is 0 Å². The molecule has 2 N–H and O–H groups in total. The SMILES string of the molecule is C[C@@H]1C[C@@H](N)[C@@H](C)CN1Cc1ccc(Cl)cc1. The summed E-state index contributed by atoms with van der Waals surface area (Å²) in [5.41, 5.74) is 7.42. The van der Waals surface area contributed by atoms with E-state index in [9.17, 15) is 0 Å². The summed E-state index contributed by atoms with van der Waals surface area (Å²) in [6.07, 6.45) is 1.09. The van der Waals surface area contributed by atoms with E-state index < -0.39 is 0 Å².